The molecule has 0 bridgehead atoms. The molecule has 2 aromatic carbocycles. The fourth-order valence-electron chi connectivity index (χ4n) is 3.47. The summed E-state index contributed by atoms with van der Waals surface area (Å²) in [6.45, 7) is 4.47. The Hall–Kier alpha value is -2.95. The highest BCUT2D eigenvalue weighted by atomic mass is 16.5. The van der Waals surface area contributed by atoms with Crippen molar-refractivity contribution in [1.29, 1.82) is 0 Å². The van der Waals surface area contributed by atoms with Crippen LogP contribution in [0.15, 0.2) is 48.7 Å². The Morgan fingerprint density at radius 1 is 1.20 bits per heavy atom. The SMILES string of the molecule is CC1(C)COc2cc(-c3ccc4cc[nH]c4c3)ccc2C1NC(=O)O. The predicted octanol–water partition coefficient (Wildman–Crippen LogP) is 4.56. The average Bonchev–Trinajstić information content (AvgIpc) is 3.04. The molecular formula is C20H20N2O3. The van der Waals surface area contributed by atoms with E-state index in [1.165, 1.54) is 5.39 Å². The summed E-state index contributed by atoms with van der Waals surface area (Å²) in [5.41, 5.74) is 3.79. The monoisotopic (exact) mass is 336 g/mol. The minimum atomic E-state index is -1.02. The number of hydrogen-bond donors (Lipinski definition) is 3. The van der Waals surface area contributed by atoms with Gasteiger partial charge >= 0.3 is 6.09 Å². The third-order valence-corrected chi connectivity index (χ3v) is 4.86. The Kier molecular flexibility index (Phi) is 3.46. The number of hydrogen-bond acceptors (Lipinski definition) is 2. The van der Waals surface area contributed by atoms with Crippen LogP contribution in [0.25, 0.3) is 22.0 Å². The molecular weight excluding hydrogens is 316 g/mol. The molecule has 4 rings (SSSR count). The first kappa shape index (κ1) is 15.6. The smallest absolute Gasteiger partial charge is 0.405 e. The van der Waals surface area contributed by atoms with Crippen LogP contribution in [0, 0.1) is 5.41 Å². The number of fused-ring (bicyclic) bond motifs is 2. The van der Waals surface area contributed by atoms with Crippen LogP contribution >= 0.6 is 0 Å². The number of ether oxygens (including phenoxy) is 1. The lowest BCUT2D eigenvalue weighted by atomic mass is 9.78. The summed E-state index contributed by atoms with van der Waals surface area (Å²) >= 11 is 0. The van der Waals surface area contributed by atoms with Crippen molar-refractivity contribution in [3.05, 3.63) is 54.2 Å². The van der Waals surface area contributed by atoms with Gasteiger partial charge in [-0.1, -0.05) is 38.1 Å². The van der Waals surface area contributed by atoms with E-state index in [9.17, 15) is 9.90 Å². The third-order valence-electron chi connectivity index (χ3n) is 4.86. The summed E-state index contributed by atoms with van der Waals surface area (Å²) in [4.78, 5) is 14.4. The molecule has 1 unspecified atom stereocenters. The first-order chi connectivity index (χ1) is 11.9. The van der Waals surface area contributed by atoms with E-state index in [2.05, 4.69) is 28.5 Å². The van der Waals surface area contributed by atoms with E-state index in [1.54, 1.807) is 0 Å². The predicted molar refractivity (Wildman–Crippen MR) is 96.9 cm³/mol. The molecule has 0 saturated heterocycles. The number of rotatable bonds is 2. The molecule has 128 valence electrons. The number of carboxylic acid groups (broad SMARTS) is 1. The minimum absolute atomic E-state index is 0.298. The Bertz CT molecular complexity index is 958. The van der Waals surface area contributed by atoms with Crippen LogP contribution in [0.4, 0.5) is 4.79 Å². The molecule has 0 fully saturated rings. The van der Waals surface area contributed by atoms with E-state index < -0.39 is 6.09 Å². The molecule has 0 saturated carbocycles. The van der Waals surface area contributed by atoms with Gasteiger partial charge in [-0.05, 0) is 34.7 Å². The molecule has 0 radical (unpaired) electrons. The number of benzene rings is 2. The van der Waals surface area contributed by atoms with Crippen molar-refractivity contribution in [3.8, 4) is 16.9 Å². The quantitative estimate of drug-likeness (QED) is 0.642. The lowest BCUT2D eigenvalue weighted by molar-refractivity contribution is 0.0996. The summed E-state index contributed by atoms with van der Waals surface area (Å²) < 4.78 is 5.94. The highest BCUT2D eigenvalue weighted by Gasteiger charge is 2.38. The molecule has 1 amide bonds. The maximum atomic E-state index is 11.2. The van der Waals surface area contributed by atoms with Gasteiger partial charge in [0.1, 0.15) is 5.75 Å². The van der Waals surface area contributed by atoms with Crippen molar-refractivity contribution in [3.63, 3.8) is 0 Å². The van der Waals surface area contributed by atoms with E-state index in [0.717, 1.165) is 28.0 Å². The molecule has 25 heavy (non-hydrogen) atoms. The highest BCUT2D eigenvalue weighted by molar-refractivity contribution is 5.85. The highest BCUT2D eigenvalue weighted by Crippen LogP contribution is 2.44. The van der Waals surface area contributed by atoms with Crippen molar-refractivity contribution in [2.45, 2.75) is 19.9 Å². The molecule has 1 aromatic heterocycles. The number of nitrogens with one attached hydrogen (secondary N) is 2. The molecule has 1 atom stereocenters. The molecule has 5 heteroatoms. The van der Waals surface area contributed by atoms with E-state index >= 15 is 0 Å². The second-order valence-corrected chi connectivity index (χ2v) is 7.19. The number of aromatic nitrogens is 1. The van der Waals surface area contributed by atoms with Gasteiger partial charge in [0.25, 0.3) is 0 Å². The van der Waals surface area contributed by atoms with E-state index in [1.807, 2.05) is 44.3 Å². The zero-order valence-corrected chi connectivity index (χ0v) is 14.2. The first-order valence-electron chi connectivity index (χ1n) is 8.28. The molecule has 3 N–H and O–H groups in total. The van der Waals surface area contributed by atoms with Gasteiger partial charge in [0.15, 0.2) is 0 Å². The van der Waals surface area contributed by atoms with Crippen LogP contribution in [0.3, 0.4) is 0 Å². The Morgan fingerprint density at radius 2 is 1.96 bits per heavy atom. The summed E-state index contributed by atoms with van der Waals surface area (Å²) in [5.74, 6) is 0.738. The van der Waals surface area contributed by atoms with Crippen molar-refractivity contribution < 1.29 is 14.6 Å². The summed E-state index contributed by atoms with van der Waals surface area (Å²) in [7, 11) is 0. The van der Waals surface area contributed by atoms with Gasteiger partial charge in [-0.25, -0.2) is 4.79 Å². The maximum Gasteiger partial charge on any atom is 0.405 e. The Labute approximate surface area is 145 Å². The van der Waals surface area contributed by atoms with Crippen molar-refractivity contribution >= 4 is 17.0 Å². The number of amides is 1. The summed E-state index contributed by atoms with van der Waals surface area (Å²) in [6.07, 6.45) is 0.904. The minimum Gasteiger partial charge on any atom is -0.493 e. The van der Waals surface area contributed by atoms with Gasteiger partial charge in [-0.3, -0.25) is 0 Å². The van der Waals surface area contributed by atoms with Crippen molar-refractivity contribution in [2.75, 3.05) is 6.61 Å². The lowest BCUT2D eigenvalue weighted by Crippen LogP contribution is -2.43. The second-order valence-electron chi connectivity index (χ2n) is 7.19. The standard InChI is InChI=1S/C20H20N2O3/c1-20(2)11-25-17-10-14(5-6-15(17)18(20)22-19(23)24)13-4-3-12-7-8-21-16(12)9-13/h3-10,18,21-22H,11H2,1-2H3,(H,23,24). The van der Waals surface area contributed by atoms with Crippen LogP contribution in [0.5, 0.6) is 5.75 Å². The molecule has 3 aromatic rings. The number of aromatic amines is 1. The summed E-state index contributed by atoms with van der Waals surface area (Å²) in [5, 5.41) is 13.0. The van der Waals surface area contributed by atoms with Gasteiger partial charge < -0.3 is 20.1 Å². The van der Waals surface area contributed by atoms with E-state index in [-0.39, 0.29) is 11.5 Å². The van der Waals surface area contributed by atoms with E-state index in [4.69, 9.17) is 4.74 Å². The van der Waals surface area contributed by atoms with Crippen molar-refractivity contribution in [2.24, 2.45) is 5.41 Å². The van der Waals surface area contributed by atoms with Crippen LogP contribution in [-0.4, -0.2) is 22.8 Å². The second kappa shape index (κ2) is 5.55. The molecule has 2 heterocycles. The molecule has 1 aliphatic rings. The Balaban J connectivity index is 1.75. The zero-order chi connectivity index (χ0) is 17.6. The Morgan fingerprint density at radius 3 is 2.76 bits per heavy atom. The van der Waals surface area contributed by atoms with Crippen LogP contribution in [-0.2, 0) is 0 Å². The normalized spacial score (nSPS) is 18.4. The van der Waals surface area contributed by atoms with Gasteiger partial charge in [0, 0.05) is 22.7 Å². The molecule has 1 aliphatic heterocycles. The van der Waals surface area contributed by atoms with Gasteiger partial charge in [-0.15, -0.1) is 0 Å². The van der Waals surface area contributed by atoms with Crippen LogP contribution < -0.4 is 10.1 Å². The molecule has 5 nitrogen and oxygen atoms in total. The van der Waals surface area contributed by atoms with Gasteiger partial charge in [0.2, 0.25) is 0 Å². The molecule has 0 aliphatic carbocycles. The van der Waals surface area contributed by atoms with Gasteiger partial charge in [0.05, 0.1) is 12.6 Å². The third kappa shape index (κ3) is 2.71. The zero-order valence-electron chi connectivity index (χ0n) is 14.2. The number of carbonyl (C=O) groups is 1. The largest absolute Gasteiger partial charge is 0.493 e. The van der Waals surface area contributed by atoms with Crippen molar-refractivity contribution in [1.82, 2.24) is 10.3 Å². The molecule has 0 spiro atoms. The first-order valence-corrected chi connectivity index (χ1v) is 8.28. The fourth-order valence-corrected chi connectivity index (χ4v) is 3.47. The summed E-state index contributed by atoms with van der Waals surface area (Å²) in [6, 6.07) is 14.0. The van der Waals surface area contributed by atoms with E-state index in [0.29, 0.717) is 6.61 Å². The van der Waals surface area contributed by atoms with Crippen LogP contribution in [0.2, 0.25) is 0 Å². The average molecular weight is 336 g/mol. The topological polar surface area (TPSA) is 74.3 Å². The van der Waals surface area contributed by atoms with Crippen LogP contribution in [0.1, 0.15) is 25.5 Å². The van der Waals surface area contributed by atoms with Gasteiger partial charge in [-0.2, -0.15) is 0 Å². The number of H-pyrrole nitrogens is 1. The fraction of sp³-hybridized carbons (Fsp3) is 0.250. The lowest BCUT2D eigenvalue weighted by Gasteiger charge is -2.39. The maximum absolute atomic E-state index is 11.2.